The zero-order valence-electron chi connectivity index (χ0n) is 20.4. The van der Waals surface area contributed by atoms with Crippen molar-refractivity contribution >= 4 is 23.1 Å². The van der Waals surface area contributed by atoms with Crippen molar-refractivity contribution in [2.45, 2.75) is 60.0 Å². The molecule has 0 unspecified atom stereocenters. The summed E-state index contributed by atoms with van der Waals surface area (Å²) in [4.78, 5) is 30.4. The predicted molar refractivity (Wildman–Crippen MR) is 128 cm³/mol. The Morgan fingerprint density at radius 3 is 2.59 bits per heavy atom. The van der Waals surface area contributed by atoms with Crippen molar-refractivity contribution in [3.8, 4) is 0 Å². The van der Waals surface area contributed by atoms with Crippen molar-refractivity contribution in [1.82, 2.24) is 24.7 Å². The van der Waals surface area contributed by atoms with Gasteiger partial charge in [-0.15, -0.1) is 0 Å². The Balaban J connectivity index is 1.73. The number of anilines is 1. The van der Waals surface area contributed by atoms with Gasteiger partial charge in [-0.25, -0.2) is 9.31 Å². The zero-order valence-corrected chi connectivity index (χ0v) is 20.4. The van der Waals surface area contributed by atoms with Crippen molar-refractivity contribution < 1.29 is 9.59 Å². The average molecular weight is 443 g/mol. The third-order valence-electron chi connectivity index (χ3n) is 5.98. The van der Waals surface area contributed by atoms with Gasteiger partial charge in [0.15, 0.2) is 0 Å². The summed E-state index contributed by atoms with van der Waals surface area (Å²) in [6.07, 6.45) is 3.93. The van der Waals surface area contributed by atoms with Crippen LogP contribution in [0.15, 0.2) is 24.5 Å². The summed E-state index contributed by atoms with van der Waals surface area (Å²) in [6, 6.07) is 3.80. The average Bonchev–Trinajstić information content (AvgIpc) is 3.12. The van der Waals surface area contributed by atoms with Gasteiger partial charge in [0, 0.05) is 50.9 Å². The SMILES string of the molecule is CCN(CCN(CC(C)C)C(C)(C)C)Cc1ccn2ncc(N3CCC(=O)NC3=O)c2c1. The largest absolute Gasteiger partial charge is 0.328 e. The molecule has 0 saturated carbocycles. The maximum atomic E-state index is 12.3. The Kier molecular flexibility index (Phi) is 7.56. The molecule has 1 aliphatic heterocycles. The standard InChI is InChI=1S/C24H38N6O2/c1-7-27(12-13-28(16-18(2)3)24(4,5)6)17-19-8-11-30-20(14-19)21(15-25-30)29-10-9-22(31)26-23(29)32/h8,11,14-15,18H,7,9-10,12-13,16-17H2,1-6H3,(H,26,31,32). The van der Waals surface area contributed by atoms with E-state index in [1.165, 1.54) is 5.56 Å². The Hall–Kier alpha value is -2.45. The van der Waals surface area contributed by atoms with Gasteiger partial charge in [0.1, 0.15) is 0 Å². The lowest BCUT2D eigenvalue weighted by atomic mass is 10.0. The number of urea groups is 1. The Labute approximate surface area is 191 Å². The number of likely N-dealkylation sites (N-methyl/N-ethyl adjacent to an activating group) is 1. The molecule has 3 amide bonds. The van der Waals surface area contributed by atoms with Gasteiger partial charge in [-0.2, -0.15) is 5.10 Å². The number of fused-ring (bicyclic) bond motifs is 1. The minimum absolute atomic E-state index is 0.144. The summed E-state index contributed by atoms with van der Waals surface area (Å²) in [5, 5.41) is 6.78. The molecule has 0 atom stereocenters. The van der Waals surface area contributed by atoms with E-state index in [2.05, 4.69) is 73.9 Å². The van der Waals surface area contributed by atoms with Gasteiger partial charge >= 0.3 is 6.03 Å². The Morgan fingerprint density at radius 1 is 1.22 bits per heavy atom. The van der Waals surface area contributed by atoms with Crippen molar-refractivity contribution in [2.24, 2.45) is 5.92 Å². The molecule has 2 aromatic rings. The van der Waals surface area contributed by atoms with Gasteiger partial charge in [0.2, 0.25) is 5.91 Å². The summed E-state index contributed by atoms with van der Waals surface area (Å²) in [5.74, 6) is 0.401. The molecule has 0 aliphatic carbocycles. The maximum Gasteiger partial charge on any atom is 0.328 e. The van der Waals surface area contributed by atoms with E-state index in [4.69, 9.17) is 0 Å². The van der Waals surface area contributed by atoms with Gasteiger partial charge in [-0.05, 0) is 50.9 Å². The van der Waals surface area contributed by atoms with E-state index in [0.29, 0.717) is 18.9 Å². The number of imide groups is 1. The first kappa shape index (κ1) is 24.2. The van der Waals surface area contributed by atoms with E-state index in [1.54, 1.807) is 15.6 Å². The summed E-state index contributed by atoms with van der Waals surface area (Å²) in [5.41, 5.74) is 2.93. The van der Waals surface area contributed by atoms with Crippen LogP contribution in [0.1, 0.15) is 53.5 Å². The van der Waals surface area contributed by atoms with E-state index in [0.717, 1.165) is 43.9 Å². The highest BCUT2D eigenvalue weighted by atomic mass is 16.2. The molecule has 1 saturated heterocycles. The first-order valence-electron chi connectivity index (χ1n) is 11.6. The van der Waals surface area contributed by atoms with Crippen molar-refractivity contribution in [2.75, 3.05) is 37.6 Å². The van der Waals surface area contributed by atoms with Gasteiger partial charge in [-0.3, -0.25) is 24.8 Å². The molecule has 1 fully saturated rings. The highest BCUT2D eigenvalue weighted by Crippen LogP contribution is 2.24. The van der Waals surface area contributed by atoms with Gasteiger partial charge < -0.3 is 0 Å². The number of rotatable bonds is 9. The van der Waals surface area contributed by atoms with Crippen LogP contribution in [-0.4, -0.2) is 69.6 Å². The fourth-order valence-corrected chi connectivity index (χ4v) is 4.12. The fraction of sp³-hybridized carbons (Fsp3) is 0.625. The Morgan fingerprint density at radius 2 is 1.97 bits per heavy atom. The lowest BCUT2D eigenvalue weighted by Crippen LogP contribution is -2.49. The van der Waals surface area contributed by atoms with E-state index >= 15 is 0 Å². The number of hydrogen-bond acceptors (Lipinski definition) is 5. The molecule has 0 radical (unpaired) electrons. The van der Waals surface area contributed by atoms with Crippen LogP contribution in [0, 0.1) is 5.92 Å². The molecule has 1 aliphatic rings. The van der Waals surface area contributed by atoms with Crippen LogP contribution in [0.5, 0.6) is 0 Å². The summed E-state index contributed by atoms with van der Waals surface area (Å²) in [6.45, 7) is 18.9. The smallest absolute Gasteiger partial charge is 0.298 e. The van der Waals surface area contributed by atoms with Crippen molar-refractivity contribution in [3.05, 3.63) is 30.1 Å². The minimum Gasteiger partial charge on any atom is -0.298 e. The number of carbonyl (C=O) groups excluding carboxylic acids is 2. The zero-order chi connectivity index (χ0) is 23.5. The van der Waals surface area contributed by atoms with E-state index < -0.39 is 0 Å². The van der Waals surface area contributed by atoms with Crippen LogP contribution in [0.3, 0.4) is 0 Å². The minimum atomic E-state index is -0.385. The number of pyridine rings is 1. The first-order valence-corrected chi connectivity index (χ1v) is 11.6. The molecular formula is C24H38N6O2. The van der Waals surface area contributed by atoms with Crippen LogP contribution in [0.2, 0.25) is 0 Å². The van der Waals surface area contributed by atoms with Crippen molar-refractivity contribution in [3.63, 3.8) is 0 Å². The molecule has 3 heterocycles. The molecule has 8 nitrogen and oxygen atoms in total. The van der Waals surface area contributed by atoms with Crippen molar-refractivity contribution in [1.29, 1.82) is 0 Å². The number of amides is 3. The lowest BCUT2D eigenvalue weighted by molar-refractivity contribution is -0.120. The second-order valence-corrected chi connectivity index (χ2v) is 10.0. The Bertz CT molecular complexity index is 946. The van der Waals surface area contributed by atoms with E-state index in [-0.39, 0.29) is 17.5 Å². The maximum absolute atomic E-state index is 12.3. The third kappa shape index (κ3) is 5.86. The van der Waals surface area contributed by atoms with E-state index in [1.807, 2.05) is 6.20 Å². The first-order chi connectivity index (χ1) is 15.1. The van der Waals surface area contributed by atoms with Crippen LogP contribution in [-0.2, 0) is 11.3 Å². The van der Waals surface area contributed by atoms with Crippen LogP contribution < -0.4 is 10.2 Å². The summed E-state index contributed by atoms with van der Waals surface area (Å²) >= 11 is 0. The molecule has 32 heavy (non-hydrogen) atoms. The monoisotopic (exact) mass is 442 g/mol. The fourth-order valence-electron chi connectivity index (χ4n) is 4.12. The molecule has 0 aromatic carbocycles. The van der Waals surface area contributed by atoms with Gasteiger partial charge in [0.05, 0.1) is 17.4 Å². The molecular weight excluding hydrogens is 404 g/mol. The normalized spacial score (nSPS) is 15.5. The lowest BCUT2D eigenvalue weighted by Gasteiger charge is -2.38. The van der Waals surface area contributed by atoms with Gasteiger partial charge in [0.25, 0.3) is 0 Å². The molecule has 0 bridgehead atoms. The van der Waals surface area contributed by atoms with Crippen LogP contribution >= 0.6 is 0 Å². The molecule has 3 rings (SSSR count). The second-order valence-electron chi connectivity index (χ2n) is 10.0. The predicted octanol–water partition coefficient (Wildman–Crippen LogP) is 3.36. The molecule has 0 spiro atoms. The van der Waals surface area contributed by atoms with Crippen LogP contribution in [0.4, 0.5) is 10.5 Å². The number of nitrogens with one attached hydrogen (secondary N) is 1. The second kappa shape index (κ2) is 10.0. The highest BCUT2D eigenvalue weighted by molar-refractivity contribution is 6.07. The summed E-state index contributed by atoms with van der Waals surface area (Å²) < 4.78 is 1.78. The number of nitrogens with zero attached hydrogens (tertiary/aromatic N) is 5. The van der Waals surface area contributed by atoms with E-state index in [9.17, 15) is 9.59 Å². The van der Waals surface area contributed by atoms with Gasteiger partial charge in [-0.1, -0.05) is 20.8 Å². The quantitative estimate of drug-likeness (QED) is 0.645. The third-order valence-corrected chi connectivity index (χ3v) is 5.98. The topological polar surface area (TPSA) is 73.2 Å². The number of hydrogen-bond donors (Lipinski definition) is 1. The molecule has 176 valence electrons. The number of carbonyl (C=O) groups is 2. The highest BCUT2D eigenvalue weighted by Gasteiger charge is 2.27. The number of aromatic nitrogens is 2. The molecule has 1 N–H and O–H groups in total. The van der Waals surface area contributed by atoms with Crippen LogP contribution in [0.25, 0.3) is 5.52 Å². The molecule has 8 heteroatoms. The molecule has 2 aromatic heterocycles. The summed E-state index contributed by atoms with van der Waals surface area (Å²) in [7, 11) is 0.